The molecule has 5 nitrogen and oxygen atoms in total. The molecule has 0 aliphatic heterocycles. The number of halogens is 2. The average Bonchev–Trinajstić information content (AvgIpc) is 2.71. The molecule has 0 aliphatic carbocycles. The van der Waals surface area contributed by atoms with Gasteiger partial charge in [0.25, 0.3) is 0 Å². The molecule has 0 saturated carbocycles. The van der Waals surface area contributed by atoms with Crippen molar-refractivity contribution in [2.75, 3.05) is 0 Å². The van der Waals surface area contributed by atoms with Gasteiger partial charge in [0.1, 0.15) is 0 Å². The van der Waals surface area contributed by atoms with Crippen LogP contribution in [0, 0.1) is 11.6 Å². The number of carbonyl (C=O) groups is 1. The van der Waals surface area contributed by atoms with E-state index in [4.69, 9.17) is 5.11 Å². The number of hydrogen-bond acceptors (Lipinski definition) is 4. The third-order valence-electron chi connectivity index (χ3n) is 1.80. The number of nitrogens with zero attached hydrogens (tertiary/aromatic N) is 2. The highest BCUT2D eigenvalue weighted by atomic mass is 19.2. The van der Waals surface area contributed by atoms with Gasteiger partial charge in [-0.1, -0.05) is 11.2 Å². The lowest BCUT2D eigenvalue weighted by Crippen LogP contribution is -1.96. The molecule has 0 atom stereocenters. The SMILES string of the molecule is O=C(O)c1nc(-c2cccc(F)c2F)no1. The van der Waals surface area contributed by atoms with E-state index < -0.39 is 23.5 Å². The minimum Gasteiger partial charge on any atom is -0.474 e. The van der Waals surface area contributed by atoms with E-state index in [0.29, 0.717) is 0 Å². The van der Waals surface area contributed by atoms with Crippen LogP contribution >= 0.6 is 0 Å². The molecule has 0 unspecified atom stereocenters. The first-order valence-electron chi connectivity index (χ1n) is 4.11. The highest BCUT2D eigenvalue weighted by Gasteiger charge is 2.18. The molecule has 82 valence electrons. The standard InChI is InChI=1S/C9H4F2N2O3/c10-5-3-1-2-4(6(5)11)7-12-8(9(14)15)16-13-7/h1-3H,(H,14,15). The van der Waals surface area contributed by atoms with Gasteiger partial charge in [-0.05, 0) is 12.1 Å². The van der Waals surface area contributed by atoms with E-state index in [1.165, 1.54) is 12.1 Å². The summed E-state index contributed by atoms with van der Waals surface area (Å²) in [4.78, 5) is 13.8. The van der Waals surface area contributed by atoms with Crippen LogP contribution in [0.15, 0.2) is 22.7 Å². The number of hydrogen-bond donors (Lipinski definition) is 1. The van der Waals surface area contributed by atoms with Gasteiger partial charge >= 0.3 is 11.9 Å². The first-order valence-corrected chi connectivity index (χ1v) is 4.11. The third kappa shape index (κ3) is 1.62. The van der Waals surface area contributed by atoms with Crippen molar-refractivity contribution >= 4 is 5.97 Å². The van der Waals surface area contributed by atoms with Crippen molar-refractivity contribution in [3.05, 3.63) is 35.7 Å². The zero-order chi connectivity index (χ0) is 11.7. The predicted octanol–water partition coefficient (Wildman–Crippen LogP) is 1.71. The largest absolute Gasteiger partial charge is 0.474 e. The number of carboxylic acid groups (broad SMARTS) is 1. The molecule has 0 aliphatic rings. The smallest absolute Gasteiger partial charge is 0.394 e. The monoisotopic (exact) mass is 226 g/mol. The van der Waals surface area contributed by atoms with E-state index in [1.54, 1.807) is 0 Å². The van der Waals surface area contributed by atoms with E-state index in [0.717, 1.165) is 6.07 Å². The minimum atomic E-state index is -1.43. The minimum absolute atomic E-state index is 0.253. The Morgan fingerprint density at radius 1 is 1.38 bits per heavy atom. The maximum Gasteiger partial charge on any atom is 0.394 e. The Morgan fingerprint density at radius 2 is 2.12 bits per heavy atom. The predicted molar refractivity (Wildman–Crippen MR) is 46.6 cm³/mol. The lowest BCUT2D eigenvalue weighted by molar-refractivity contribution is 0.0643. The molecular formula is C9H4F2N2O3. The molecule has 2 rings (SSSR count). The molecule has 1 aromatic heterocycles. The van der Waals surface area contributed by atoms with Gasteiger partial charge in [-0.15, -0.1) is 0 Å². The van der Waals surface area contributed by atoms with Crippen LogP contribution in [0.1, 0.15) is 10.7 Å². The van der Waals surface area contributed by atoms with Crippen LogP contribution < -0.4 is 0 Å². The fraction of sp³-hybridized carbons (Fsp3) is 0. The third-order valence-corrected chi connectivity index (χ3v) is 1.80. The van der Waals surface area contributed by atoms with Gasteiger partial charge in [0.15, 0.2) is 11.6 Å². The normalized spacial score (nSPS) is 10.4. The zero-order valence-corrected chi connectivity index (χ0v) is 7.65. The second-order valence-electron chi connectivity index (χ2n) is 2.83. The van der Waals surface area contributed by atoms with Gasteiger partial charge in [-0.3, -0.25) is 0 Å². The molecule has 0 bridgehead atoms. The van der Waals surface area contributed by atoms with Gasteiger partial charge in [-0.25, -0.2) is 13.6 Å². The maximum absolute atomic E-state index is 13.3. The van der Waals surface area contributed by atoms with Crippen molar-refractivity contribution in [3.8, 4) is 11.4 Å². The Labute approximate surface area is 87.3 Å². The first-order chi connectivity index (χ1) is 7.59. The fourth-order valence-corrected chi connectivity index (χ4v) is 1.10. The molecule has 0 saturated heterocycles. The van der Waals surface area contributed by atoms with Crippen LogP contribution in [-0.4, -0.2) is 21.2 Å². The summed E-state index contributed by atoms with van der Waals surface area (Å²) in [6.07, 6.45) is 0. The number of benzene rings is 1. The second-order valence-corrected chi connectivity index (χ2v) is 2.83. The second kappa shape index (κ2) is 3.69. The highest BCUT2D eigenvalue weighted by Crippen LogP contribution is 2.21. The fourth-order valence-electron chi connectivity index (χ4n) is 1.10. The number of carboxylic acids is 1. The molecule has 0 radical (unpaired) electrons. The van der Waals surface area contributed by atoms with Gasteiger partial charge in [0, 0.05) is 0 Å². The topological polar surface area (TPSA) is 76.2 Å². The van der Waals surface area contributed by atoms with Crippen molar-refractivity contribution in [1.82, 2.24) is 10.1 Å². The van der Waals surface area contributed by atoms with Crippen LogP contribution in [-0.2, 0) is 0 Å². The van der Waals surface area contributed by atoms with Gasteiger partial charge in [0.05, 0.1) is 5.56 Å². The molecule has 1 N–H and O–H groups in total. The molecule has 7 heteroatoms. The molecule has 1 aromatic carbocycles. The summed E-state index contributed by atoms with van der Waals surface area (Å²) in [6, 6.07) is 3.40. The van der Waals surface area contributed by atoms with Gasteiger partial charge in [0.2, 0.25) is 5.82 Å². The summed E-state index contributed by atoms with van der Waals surface area (Å²) in [6.45, 7) is 0. The van der Waals surface area contributed by atoms with Crippen molar-refractivity contribution < 1.29 is 23.2 Å². The lowest BCUT2D eigenvalue weighted by Gasteiger charge is -1.96. The molecule has 0 amide bonds. The Hall–Kier alpha value is -2.31. The van der Waals surface area contributed by atoms with Crippen molar-refractivity contribution in [1.29, 1.82) is 0 Å². The summed E-state index contributed by atoms with van der Waals surface area (Å²) < 4.78 is 30.4. The molecule has 2 aromatic rings. The van der Waals surface area contributed by atoms with Gasteiger partial charge < -0.3 is 9.63 Å². The van der Waals surface area contributed by atoms with Crippen LogP contribution in [0.25, 0.3) is 11.4 Å². The van der Waals surface area contributed by atoms with Crippen LogP contribution in [0.4, 0.5) is 8.78 Å². The summed E-state index contributed by atoms with van der Waals surface area (Å²) >= 11 is 0. The Bertz CT molecular complexity index is 553. The average molecular weight is 226 g/mol. The molecule has 0 fully saturated rings. The quantitative estimate of drug-likeness (QED) is 0.843. The molecular weight excluding hydrogens is 222 g/mol. The summed E-state index contributed by atoms with van der Waals surface area (Å²) in [5.41, 5.74) is -0.253. The highest BCUT2D eigenvalue weighted by molar-refractivity contribution is 5.82. The molecule has 16 heavy (non-hydrogen) atoms. The van der Waals surface area contributed by atoms with E-state index in [-0.39, 0.29) is 11.4 Å². The Morgan fingerprint density at radius 3 is 2.75 bits per heavy atom. The molecule has 1 heterocycles. The van der Waals surface area contributed by atoms with Crippen molar-refractivity contribution in [2.45, 2.75) is 0 Å². The van der Waals surface area contributed by atoms with Crippen LogP contribution in [0.5, 0.6) is 0 Å². The summed E-state index contributed by atoms with van der Waals surface area (Å²) in [5.74, 6) is -4.65. The zero-order valence-electron chi connectivity index (χ0n) is 7.65. The number of rotatable bonds is 2. The van der Waals surface area contributed by atoms with Crippen LogP contribution in [0.3, 0.4) is 0 Å². The van der Waals surface area contributed by atoms with E-state index in [2.05, 4.69) is 14.7 Å². The molecule has 0 spiro atoms. The summed E-state index contributed by atoms with van der Waals surface area (Å²) in [5, 5.41) is 11.7. The lowest BCUT2D eigenvalue weighted by atomic mass is 10.2. The number of aromatic carboxylic acids is 1. The van der Waals surface area contributed by atoms with E-state index in [1.807, 2.05) is 0 Å². The van der Waals surface area contributed by atoms with Crippen LogP contribution in [0.2, 0.25) is 0 Å². The van der Waals surface area contributed by atoms with Crippen molar-refractivity contribution in [3.63, 3.8) is 0 Å². The van der Waals surface area contributed by atoms with E-state index in [9.17, 15) is 13.6 Å². The maximum atomic E-state index is 13.3. The van der Waals surface area contributed by atoms with E-state index >= 15 is 0 Å². The summed E-state index contributed by atoms with van der Waals surface area (Å²) in [7, 11) is 0. The Balaban J connectivity index is 2.50. The first kappa shape index (κ1) is 10.2. The Kier molecular flexibility index (Phi) is 2.35. The van der Waals surface area contributed by atoms with Crippen molar-refractivity contribution in [2.24, 2.45) is 0 Å². The van der Waals surface area contributed by atoms with Gasteiger partial charge in [-0.2, -0.15) is 4.98 Å². The number of aromatic nitrogens is 2.